The van der Waals surface area contributed by atoms with Crippen molar-refractivity contribution in [3.8, 4) is 11.3 Å². The molecule has 0 aliphatic rings. The fraction of sp³-hybridized carbons (Fsp3) is 0.176. The number of rotatable bonds is 5. The maximum absolute atomic E-state index is 11.8. The standard InChI is InChI=1S/C17H16N4OS2/c1-11-3-4-13(12(2)9-11)14-5-6-16(21-20-14)24-10-15(22)19-17-18-7-8-23-17/h3-9H,10H2,1-2H3,(H,18,19,22). The average Bonchev–Trinajstić information content (AvgIpc) is 3.06. The molecular formula is C17H16N4OS2. The maximum atomic E-state index is 11.8. The van der Waals surface area contributed by atoms with Gasteiger partial charge in [-0.3, -0.25) is 4.79 Å². The number of hydrogen-bond acceptors (Lipinski definition) is 6. The second kappa shape index (κ2) is 7.55. The number of thiazole rings is 1. The van der Waals surface area contributed by atoms with Crippen LogP contribution in [0.3, 0.4) is 0 Å². The van der Waals surface area contributed by atoms with Crippen LogP contribution in [0.4, 0.5) is 5.13 Å². The van der Waals surface area contributed by atoms with Crippen LogP contribution < -0.4 is 5.32 Å². The van der Waals surface area contributed by atoms with Gasteiger partial charge >= 0.3 is 0 Å². The van der Waals surface area contributed by atoms with Crippen molar-refractivity contribution in [1.29, 1.82) is 0 Å². The molecule has 0 unspecified atom stereocenters. The topological polar surface area (TPSA) is 67.8 Å². The molecule has 0 atom stereocenters. The third kappa shape index (κ3) is 4.18. The van der Waals surface area contributed by atoms with Gasteiger partial charge in [0.1, 0.15) is 5.03 Å². The molecular weight excluding hydrogens is 340 g/mol. The Labute approximate surface area is 148 Å². The van der Waals surface area contributed by atoms with Gasteiger partial charge < -0.3 is 5.32 Å². The van der Waals surface area contributed by atoms with Crippen molar-refractivity contribution in [2.75, 3.05) is 11.1 Å². The van der Waals surface area contributed by atoms with Gasteiger partial charge in [-0.2, -0.15) is 0 Å². The lowest BCUT2D eigenvalue weighted by Gasteiger charge is -2.06. The lowest BCUT2D eigenvalue weighted by atomic mass is 10.0. The molecule has 3 aromatic rings. The number of benzene rings is 1. The number of aromatic nitrogens is 3. The van der Waals surface area contributed by atoms with E-state index >= 15 is 0 Å². The van der Waals surface area contributed by atoms with Crippen LogP contribution in [0.5, 0.6) is 0 Å². The second-order valence-corrected chi connectivity index (χ2v) is 7.14. The number of amides is 1. The zero-order valence-electron chi connectivity index (χ0n) is 13.3. The smallest absolute Gasteiger partial charge is 0.236 e. The summed E-state index contributed by atoms with van der Waals surface area (Å²) in [6.07, 6.45) is 1.66. The minimum Gasteiger partial charge on any atom is -0.301 e. The molecule has 0 saturated carbocycles. The summed E-state index contributed by atoms with van der Waals surface area (Å²) >= 11 is 2.75. The lowest BCUT2D eigenvalue weighted by molar-refractivity contribution is -0.113. The highest BCUT2D eigenvalue weighted by molar-refractivity contribution is 7.99. The van der Waals surface area contributed by atoms with E-state index in [1.165, 1.54) is 34.2 Å². The Balaban J connectivity index is 1.61. The molecule has 122 valence electrons. The number of aryl methyl sites for hydroxylation is 2. The Bertz CT molecular complexity index is 832. The number of carbonyl (C=O) groups excluding carboxylic acids is 1. The van der Waals surface area contributed by atoms with Gasteiger partial charge in [0.15, 0.2) is 5.13 Å². The molecule has 0 saturated heterocycles. The minimum atomic E-state index is -0.102. The van der Waals surface area contributed by atoms with Gasteiger partial charge in [-0.1, -0.05) is 35.5 Å². The van der Waals surface area contributed by atoms with Crippen LogP contribution >= 0.6 is 23.1 Å². The van der Waals surface area contributed by atoms with Gasteiger partial charge in [-0.15, -0.1) is 21.5 Å². The average molecular weight is 356 g/mol. The van der Waals surface area contributed by atoms with E-state index in [4.69, 9.17) is 0 Å². The SMILES string of the molecule is Cc1ccc(-c2ccc(SCC(=O)Nc3nccs3)nn2)c(C)c1. The third-order valence-electron chi connectivity index (χ3n) is 3.33. The van der Waals surface area contributed by atoms with Crippen molar-refractivity contribution in [3.63, 3.8) is 0 Å². The number of nitrogens with zero attached hydrogens (tertiary/aromatic N) is 3. The first-order valence-electron chi connectivity index (χ1n) is 7.35. The monoisotopic (exact) mass is 356 g/mol. The number of anilines is 1. The van der Waals surface area contributed by atoms with Crippen molar-refractivity contribution >= 4 is 34.1 Å². The first-order valence-corrected chi connectivity index (χ1v) is 9.22. The zero-order valence-corrected chi connectivity index (χ0v) is 14.9. The van der Waals surface area contributed by atoms with Crippen LogP contribution in [-0.2, 0) is 4.79 Å². The second-order valence-electron chi connectivity index (χ2n) is 5.25. The van der Waals surface area contributed by atoms with Gasteiger partial charge in [0.2, 0.25) is 5.91 Å². The van der Waals surface area contributed by atoms with Crippen LogP contribution in [0.2, 0.25) is 0 Å². The summed E-state index contributed by atoms with van der Waals surface area (Å²) in [4.78, 5) is 15.9. The molecule has 1 aromatic carbocycles. The predicted molar refractivity (Wildman–Crippen MR) is 98.4 cm³/mol. The molecule has 0 aliphatic carbocycles. The maximum Gasteiger partial charge on any atom is 0.236 e. The van der Waals surface area contributed by atoms with E-state index in [2.05, 4.69) is 52.5 Å². The molecule has 7 heteroatoms. The highest BCUT2D eigenvalue weighted by Gasteiger charge is 2.08. The minimum absolute atomic E-state index is 0.102. The Morgan fingerprint density at radius 1 is 1.21 bits per heavy atom. The van der Waals surface area contributed by atoms with E-state index in [1.807, 2.05) is 17.5 Å². The lowest BCUT2D eigenvalue weighted by Crippen LogP contribution is -2.13. The molecule has 0 aliphatic heterocycles. The summed E-state index contributed by atoms with van der Waals surface area (Å²) in [6, 6.07) is 10.1. The van der Waals surface area contributed by atoms with E-state index in [9.17, 15) is 4.79 Å². The molecule has 24 heavy (non-hydrogen) atoms. The molecule has 0 radical (unpaired) electrons. The normalized spacial score (nSPS) is 10.6. The Kier molecular flexibility index (Phi) is 5.22. The fourth-order valence-corrected chi connectivity index (χ4v) is 3.38. The predicted octanol–water partition coefficient (Wildman–Crippen LogP) is 3.95. The molecule has 2 aromatic heterocycles. The van der Waals surface area contributed by atoms with Crippen LogP contribution in [-0.4, -0.2) is 26.8 Å². The van der Waals surface area contributed by atoms with Crippen LogP contribution in [0, 0.1) is 13.8 Å². The van der Waals surface area contributed by atoms with E-state index in [-0.39, 0.29) is 11.7 Å². The molecule has 1 amide bonds. The summed E-state index contributed by atoms with van der Waals surface area (Å²) in [6.45, 7) is 4.13. The Hall–Kier alpha value is -2.25. The fourth-order valence-electron chi connectivity index (χ4n) is 2.22. The van der Waals surface area contributed by atoms with E-state index in [1.54, 1.807) is 6.20 Å². The van der Waals surface area contributed by atoms with E-state index in [0.29, 0.717) is 5.13 Å². The van der Waals surface area contributed by atoms with E-state index < -0.39 is 0 Å². The van der Waals surface area contributed by atoms with Gasteiger partial charge in [0.05, 0.1) is 11.4 Å². The van der Waals surface area contributed by atoms with Gasteiger partial charge in [0, 0.05) is 17.1 Å². The van der Waals surface area contributed by atoms with E-state index in [0.717, 1.165) is 16.3 Å². The summed E-state index contributed by atoms with van der Waals surface area (Å²) in [5.41, 5.74) is 4.31. The molecule has 2 heterocycles. The molecule has 3 rings (SSSR count). The first kappa shape index (κ1) is 16.6. The highest BCUT2D eigenvalue weighted by atomic mass is 32.2. The first-order chi connectivity index (χ1) is 11.6. The van der Waals surface area contributed by atoms with Crippen molar-refractivity contribution in [1.82, 2.24) is 15.2 Å². The molecule has 0 bridgehead atoms. The van der Waals surface area contributed by atoms with Crippen LogP contribution in [0.15, 0.2) is 46.9 Å². The third-order valence-corrected chi connectivity index (χ3v) is 4.94. The quantitative estimate of drug-likeness (QED) is 0.701. The largest absolute Gasteiger partial charge is 0.301 e. The molecule has 1 N–H and O–H groups in total. The number of nitrogens with one attached hydrogen (secondary N) is 1. The number of hydrogen-bond donors (Lipinski definition) is 1. The number of thioether (sulfide) groups is 1. The van der Waals surface area contributed by atoms with Gasteiger partial charge in [-0.25, -0.2) is 4.98 Å². The summed E-state index contributed by atoms with van der Waals surface area (Å²) in [7, 11) is 0. The Morgan fingerprint density at radius 3 is 2.75 bits per heavy atom. The van der Waals surface area contributed by atoms with Gasteiger partial charge in [0.25, 0.3) is 0 Å². The highest BCUT2D eigenvalue weighted by Crippen LogP contribution is 2.23. The van der Waals surface area contributed by atoms with Gasteiger partial charge in [-0.05, 0) is 31.5 Å². The summed E-state index contributed by atoms with van der Waals surface area (Å²) < 4.78 is 0. The van der Waals surface area contributed by atoms with Crippen molar-refractivity contribution < 1.29 is 4.79 Å². The summed E-state index contributed by atoms with van der Waals surface area (Å²) in [5.74, 6) is 0.173. The van der Waals surface area contributed by atoms with Crippen molar-refractivity contribution in [3.05, 3.63) is 53.0 Å². The van der Waals surface area contributed by atoms with Crippen LogP contribution in [0.1, 0.15) is 11.1 Å². The number of carbonyl (C=O) groups is 1. The van der Waals surface area contributed by atoms with Crippen molar-refractivity contribution in [2.45, 2.75) is 18.9 Å². The molecule has 0 fully saturated rings. The molecule has 5 nitrogen and oxygen atoms in total. The summed E-state index contributed by atoms with van der Waals surface area (Å²) in [5, 5.41) is 14.4. The van der Waals surface area contributed by atoms with Crippen LogP contribution in [0.25, 0.3) is 11.3 Å². The zero-order chi connectivity index (χ0) is 16.9. The Morgan fingerprint density at radius 2 is 2.08 bits per heavy atom. The molecule has 0 spiro atoms. The van der Waals surface area contributed by atoms with Crippen molar-refractivity contribution in [2.24, 2.45) is 0 Å².